The van der Waals surface area contributed by atoms with Crippen molar-refractivity contribution in [2.45, 2.75) is 64.4 Å². The molecule has 106 valence electrons. The molecule has 0 radical (unpaired) electrons. The molecule has 2 atom stereocenters. The maximum absolute atomic E-state index is 6.06. The number of benzene rings is 1. The number of rotatable bonds is 6. The molecule has 2 unspecified atom stereocenters. The van der Waals surface area contributed by atoms with Crippen LogP contribution in [-0.2, 0) is 4.74 Å². The molecule has 0 heterocycles. The molecule has 0 amide bonds. The first-order valence-corrected chi connectivity index (χ1v) is 7.99. The fourth-order valence-corrected chi connectivity index (χ4v) is 3.50. The lowest BCUT2D eigenvalue weighted by Crippen LogP contribution is -2.28. The van der Waals surface area contributed by atoms with Crippen molar-refractivity contribution in [2.75, 3.05) is 6.61 Å². The predicted molar refractivity (Wildman–Crippen MR) is 81.5 cm³/mol. The van der Waals surface area contributed by atoms with Crippen molar-refractivity contribution in [1.29, 1.82) is 0 Å². The Morgan fingerprint density at radius 1 is 1.11 bits per heavy atom. The van der Waals surface area contributed by atoms with Gasteiger partial charge in [0.25, 0.3) is 0 Å². The molecule has 1 aliphatic carbocycles. The molecule has 1 aliphatic rings. The lowest BCUT2D eigenvalue weighted by molar-refractivity contribution is 0.0265. The second-order valence-electron chi connectivity index (χ2n) is 5.91. The molecule has 0 aliphatic heterocycles. The lowest BCUT2D eigenvalue weighted by Gasteiger charge is -2.34. The first-order chi connectivity index (χ1) is 9.33. The van der Waals surface area contributed by atoms with Gasteiger partial charge in [-0.2, -0.15) is 0 Å². The van der Waals surface area contributed by atoms with Crippen molar-refractivity contribution >= 4 is 0 Å². The van der Waals surface area contributed by atoms with Crippen LogP contribution in [0.15, 0.2) is 30.3 Å². The molecule has 0 N–H and O–H groups in total. The highest BCUT2D eigenvalue weighted by Crippen LogP contribution is 2.39. The van der Waals surface area contributed by atoms with Gasteiger partial charge in [-0.05, 0) is 37.7 Å². The monoisotopic (exact) mass is 260 g/mol. The van der Waals surface area contributed by atoms with Crippen LogP contribution in [0.2, 0.25) is 0 Å². The summed E-state index contributed by atoms with van der Waals surface area (Å²) >= 11 is 0. The van der Waals surface area contributed by atoms with Crippen LogP contribution in [0.1, 0.15) is 63.9 Å². The van der Waals surface area contributed by atoms with Gasteiger partial charge >= 0.3 is 0 Å². The average Bonchev–Trinajstić information content (AvgIpc) is 2.47. The smallest absolute Gasteiger partial charge is 0.0618 e. The largest absolute Gasteiger partial charge is 0.378 e. The fraction of sp³-hybridized carbons (Fsp3) is 0.667. The van der Waals surface area contributed by atoms with E-state index in [2.05, 4.69) is 44.2 Å². The fourth-order valence-electron chi connectivity index (χ4n) is 3.50. The zero-order valence-electron chi connectivity index (χ0n) is 12.5. The van der Waals surface area contributed by atoms with Crippen molar-refractivity contribution in [1.82, 2.24) is 0 Å². The molecule has 2 rings (SSSR count). The highest BCUT2D eigenvalue weighted by molar-refractivity contribution is 5.21. The minimum Gasteiger partial charge on any atom is -0.378 e. The number of hydrogen-bond acceptors (Lipinski definition) is 1. The van der Waals surface area contributed by atoms with Gasteiger partial charge in [0.05, 0.1) is 6.10 Å². The van der Waals surface area contributed by atoms with Gasteiger partial charge in [-0.3, -0.25) is 0 Å². The van der Waals surface area contributed by atoms with E-state index >= 15 is 0 Å². The summed E-state index contributed by atoms with van der Waals surface area (Å²) in [7, 11) is 0. The average molecular weight is 260 g/mol. The van der Waals surface area contributed by atoms with Gasteiger partial charge < -0.3 is 4.74 Å². The Balaban J connectivity index is 2.12. The quantitative estimate of drug-likeness (QED) is 0.686. The molecule has 1 heteroatoms. The molecule has 1 saturated carbocycles. The van der Waals surface area contributed by atoms with Crippen LogP contribution in [0.4, 0.5) is 0 Å². The molecular formula is C18H28O. The van der Waals surface area contributed by atoms with Crippen LogP contribution in [-0.4, -0.2) is 12.7 Å². The Hall–Kier alpha value is -0.820. The molecule has 0 saturated heterocycles. The lowest BCUT2D eigenvalue weighted by atomic mass is 9.74. The highest BCUT2D eigenvalue weighted by atomic mass is 16.5. The van der Waals surface area contributed by atoms with E-state index in [-0.39, 0.29) is 0 Å². The summed E-state index contributed by atoms with van der Waals surface area (Å²) in [4.78, 5) is 0. The summed E-state index contributed by atoms with van der Waals surface area (Å²) < 4.78 is 6.06. The van der Waals surface area contributed by atoms with Gasteiger partial charge in [-0.1, -0.05) is 56.5 Å². The summed E-state index contributed by atoms with van der Waals surface area (Å²) in [6.45, 7) is 5.34. The topological polar surface area (TPSA) is 9.23 Å². The third kappa shape index (κ3) is 4.07. The summed E-state index contributed by atoms with van der Waals surface area (Å²) in [5.74, 6) is 1.39. The van der Waals surface area contributed by atoms with Crippen LogP contribution in [0, 0.1) is 5.92 Å². The van der Waals surface area contributed by atoms with Crippen molar-refractivity contribution < 1.29 is 4.74 Å². The molecule has 1 aromatic carbocycles. The summed E-state index contributed by atoms with van der Waals surface area (Å²) in [5.41, 5.74) is 1.47. The SMILES string of the molecule is CCCOC(C)C(c1ccccc1)C1CCCCC1. The number of hydrogen-bond donors (Lipinski definition) is 0. The van der Waals surface area contributed by atoms with E-state index in [1.165, 1.54) is 37.7 Å². The van der Waals surface area contributed by atoms with Gasteiger partial charge in [-0.25, -0.2) is 0 Å². The van der Waals surface area contributed by atoms with E-state index in [1.807, 2.05) is 0 Å². The molecule has 1 fully saturated rings. The third-order valence-electron chi connectivity index (χ3n) is 4.43. The first kappa shape index (κ1) is 14.6. The van der Waals surface area contributed by atoms with E-state index in [0.29, 0.717) is 12.0 Å². The van der Waals surface area contributed by atoms with E-state index < -0.39 is 0 Å². The Kier molecular flexibility index (Phi) is 5.91. The van der Waals surface area contributed by atoms with Crippen LogP contribution in [0.25, 0.3) is 0 Å². The highest BCUT2D eigenvalue weighted by Gasteiger charge is 2.29. The van der Waals surface area contributed by atoms with E-state index in [0.717, 1.165) is 18.9 Å². The van der Waals surface area contributed by atoms with E-state index in [9.17, 15) is 0 Å². The summed E-state index contributed by atoms with van der Waals surface area (Å²) in [5, 5.41) is 0. The zero-order valence-corrected chi connectivity index (χ0v) is 12.5. The van der Waals surface area contributed by atoms with Gasteiger partial charge in [0, 0.05) is 12.5 Å². The third-order valence-corrected chi connectivity index (χ3v) is 4.43. The summed E-state index contributed by atoms with van der Waals surface area (Å²) in [6.07, 6.45) is 8.41. The van der Waals surface area contributed by atoms with Gasteiger partial charge in [0.15, 0.2) is 0 Å². The second kappa shape index (κ2) is 7.69. The van der Waals surface area contributed by atoms with Crippen molar-refractivity contribution in [3.63, 3.8) is 0 Å². The Morgan fingerprint density at radius 3 is 2.42 bits per heavy atom. The molecule has 1 aromatic rings. The van der Waals surface area contributed by atoms with E-state index in [1.54, 1.807) is 0 Å². The van der Waals surface area contributed by atoms with Gasteiger partial charge in [0.2, 0.25) is 0 Å². The molecule has 0 spiro atoms. The predicted octanol–water partition coefficient (Wildman–Crippen LogP) is 5.17. The first-order valence-electron chi connectivity index (χ1n) is 7.99. The van der Waals surface area contributed by atoms with Crippen molar-refractivity contribution in [3.8, 4) is 0 Å². The minimum atomic E-state index is 0.338. The van der Waals surface area contributed by atoms with Crippen molar-refractivity contribution in [3.05, 3.63) is 35.9 Å². The molecular weight excluding hydrogens is 232 g/mol. The Labute approximate surface area is 118 Å². The maximum atomic E-state index is 6.06. The molecule has 0 aromatic heterocycles. The Morgan fingerprint density at radius 2 is 1.79 bits per heavy atom. The van der Waals surface area contributed by atoms with Gasteiger partial charge in [0.1, 0.15) is 0 Å². The van der Waals surface area contributed by atoms with Crippen molar-refractivity contribution in [2.24, 2.45) is 5.92 Å². The molecule has 19 heavy (non-hydrogen) atoms. The van der Waals surface area contributed by atoms with Gasteiger partial charge in [-0.15, -0.1) is 0 Å². The molecule has 1 nitrogen and oxygen atoms in total. The van der Waals surface area contributed by atoms with Crippen LogP contribution in [0.3, 0.4) is 0 Å². The standard InChI is InChI=1S/C18H28O/c1-3-14-19-15(2)18(16-10-6-4-7-11-16)17-12-8-5-9-13-17/h4,6-7,10-11,15,17-18H,3,5,8-9,12-14H2,1-2H3. The van der Waals surface area contributed by atoms with Crippen LogP contribution < -0.4 is 0 Å². The van der Waals surface area contributed by atoms with Crippen LogP contribution >= 0.6 is 0 Å². The number of ether oxygens (including phenoxy) is 1. The van der Waals surface area contributed by atoms with E-state index in [4.69, 9.17) is 4.74 Å². The van der Waals surface area contributed by atoms with Crippen LogP contribution in [0.5, 0.6) is 0 Å². The zero-order chi connectivity index (χ0) is 13.5. The summed E-state index contributed by atoms with van der Waals surface area (Å²) in [6, 6.07) is 11.0. The second-order valence-corrected chi connectivity index (χ2v) is 5.91. The normalized spacial score (nSPS) is 20.1. The Bertz CT molecular complexity index is 340. The minimum absolute atomic E-state index is 0.338. The molecule has 0 bridgehead atoms. The maximum Gasteiger partial charge on any atom is 0.0618 e.